The summed E-state index contributed by atoms with van der Waals surface area (Å²) in [5.41, 5.74) is 12.9. The van der Waals surface area contributed by atoms with Crippen LogP contribution in [0.1, 0.15) is 33.4 Å². The molecule has 8 aromatic rings. The third-order valence-corrected chi connectivity index (χ3v) is 23.8. The first-order valence-electron chi connectivity index (χ1n) is 32.9. The number of carbonyl (C=O) groups excluding carboxylic acids is 4. The second kappa shape index (κ2) is 43.2. The summed E-state index contributed by atoms with van der Waals surface area (Å²) in [6.45, 7) is 0.273. The van der Waals surface area contributed by atoms with Gasteiger partial charge in [-0.3, -0.25) is 59.1 Å². The zero-order valence-electron chi connectivity index (χ0n) is 60.1. The van der Waals surface area contributed by atoms with E-state index in [-0.39, 0.29) is 154 Å². The van der Waals surface area contributed by atoms with Gasteiger partial charge in [-0.05, 0) is 232 Å². The van der Waals surface area contributed by atoms with Crippen LogP contribution in [0.25, 0.3) is 24.3 Å². The van der Waals surface area contributed by atoms with Crippen LogP contribution in [0.4, 0.5) is 34.1 Å². The van der Waals surface area contributed by atoms with Crippen LogP contribution in [0, 0.1) is 0 Å². The highest BCUT2D eigenvalue weighted by Gasteiger charge is 2.31. The van der Waals surface area contributed by atoms with Crippen LogP contribution in [0.3, 0.4) is 0 Å². The number of rotatable bonds is 30. The van der Waals surface area contributed by atoms with Crippen molar-refractivity contribution in [3.8, 4) is 23.0 Å². The molecule has 8 rings (SSSR count). The number of nitrogens with zero attached hydrogens (tertiary/aromatic N) is 2. The van der Waals surface area contributed by atoms with Gasteiger partial charge in [-0.25, -0.2) is 10.9 Å². The number of benzene rings is 8. The molecule has 2 unspecified atom stereocenters. The molecule has 53 heteroatoms. The molecule has 2 atom stereocenters. The number of phenols is 4. The lowest BCUT2D eigenvalue weighted by Gasteiger charge is -2.20. The van der Waals surface area contributed by atoms with Gasteiger partial charge in [-0.1, -0.05) is 95.0 Å². The summed E-state index contributed by atoms with van der Waals surface area (Å²) in [5.74, 6) is -5.84. The van der Waals surface area contributed by atoms with Crippen molar-refractivity contribution >= 4 is 314 Å². The van der Waals surface area contributed by atoms with Crippen LogP contribution in [0.2, 0.25) is 20.1 Å². The molecule has 0 saturated carbocycles. The lowest BCUT2D eigenvalue weighted by Crippen LogP contribution is -2.54. The average molecular weight is 2150 g/mol. The van der Waals surface area contributed by atoms with Gasteiger partial charge in [0.1, 0.15) is 51.5 Å². The van der Waals surface area contributed by atoms with Gasteiger partial charge in [0.05, 0.1) is 56.0 Å². The molecular weight excluding hydrogens is 2090 g/mol. The van der Waals surface area contributed by atoms with E-state index in [1.54, 1.807) is 0 Å². The molecule has 0 fully saturated rings. The molecule has 0 aliphatic heterocycles. The van der Waals surface area contributed by atoms with Gasteiger partial charge >= 0.3 is 0 Å². The fourth-order valence-electron chi connectivity index (χ4n) is 9.80. The molecule has 640 valence electrons. The Hall–Kier alpha value is -9.30. The molecule has 0 bridgehead atoms. The van der Waals surface area contributed by atoms with Crippen molar-refractivity contribution in [1.29, 1.82) is 0 Å². The molecule has 0 aromatic heterocycles. The van der Waals surface area contributed by atoms with Gasteiger partial charge in [-0.2, -0.15) is 43.9 Å². The molecule has 121 heavy (non-hydrogen) atoms. The molecule has 37 nitrogen and oxygen atoms in total. The normalized spacial score (nSPS) is 12.3. The Morgan fingerprint density at radius 1 is 0.397 bits per heavy atom. The number of phenolic OH excluding ortho intramolecular Hbond substituents is 4. The highest BCUT2D eigenvalue weighted by Crippen LogP contribution is 2.42. The van der Waals surface area contributed by atoms with E-state index in [1.807, 2.05) is 0 Å². The number of hydrazone groups is 2. The van der Waals surface area contributed by atoms with E-state index in [1.165, 1.54) is 97.1 Å². The monoisotopic (exact) mass is 2150 g/mol. The van der Waals surface area contributed by atoms with Crippen LogP contribution < -0.4 is 75.1 Å². The quantitative estimate of drug-likeness (QED) is 0.00378. The van der Waals surface area contributed by atoms with E-state index >= 15 is 0 Å². The van der Waals surface area contributed by atoms with Crippen LogP contribution >= 0.6 is 159 Å². The maximum Gasteiger partial charge on any atom is 0.295 e. The van der Waals surface area contributed by atoms with Gasteiger partial charge in [0.25, 0.3) is 64.1 Å². The third kappa shape index (κ3) is 28.4. The second-order valence-electron chi connectivity index (χ2n) is 23.9. The number of amides is 4. The molecule has 8 aromatic carbocycles. The Bertz CT molecular complexity index is 5740. The lowest BCUT2D eigenvalue weighted by molar-refractivity contribution is -0.132. The molecule has 22 N–H and O–H groups in total. The van der Waals surface area contributed by atoms with Gasteiger partial charge in [0.15, 0.2) is 32.5 Å². The smallest absolute Gasteiger partial charge is 0.295 e. The Morgan fingerprint density at radius 3 is 0.983 bits per heavy atom. The van der Waals surface area contributed by atoms with Gasteiger partial charge in [0, 0.05) is 57.0 Å². The number of anilines is 6. The van der Waals surface area contributed by atoms with E-state index in [2.05, 4.69) is 149 Å². The van der Waals surface area contributed by atoms with Crippen molar-refractivity contribution in [1.82, 2.24) is 43.2 Å². The third-order valence-electron chi connectivity index (χ3n) is 15.4. The molecule has 0 radical (unpaired) electrons. The first-order chi connectivity index (χ1) is 56.7. The number of aromatic hydroxyl groups is 4. The molecule has 0 aliphatic rings. The van der Waals surface area contributed by atoms with Crippen molar-refractivity contribution in [2.24, 2.45) is 10.2 Å². The summed E-state index contributed by atoms with van der Waals surface area (Å²) in [5, 5.41) is 69.9. The van der Waals surface area contributed by atoms with Gasteiger partial charge in [0.2, 0.25) is 0 Å². The second-order valence-corrected chi connectivity index (χ2v) is 36.1. The highest BCUT2D eigenvalue weighted by molar-refractivity contribution is 9.11. The maximum atomic E-state index is 13.6. The minimum atomic E-state index is -5.05. The molecule has 0 spiro atoms. The van der Waals surface area contributed by atoms with E-state index in [0.29, 0.717) is 0 Å². The Morgan fingerprint density at radius 2 is 0.694 bits per heavy atom. The number of hydrogen-bond donors (Lipinski definition) is 22. The van der Waals surface area contributed by atoms with Crippen LogP contribution in [-0.4, -0.2) is 167 Å². The summed E-state index contributed by atoms with van der Waals surface area (Å²) < 4.78 is 149. The van der Waals surface area contributed by atoms with Crippen molar-refractivity contribution < 1.29 is 96.2 Å². The molecular formula is C68H58Br4Cl4N16O21S8. The zero-order chi connectivity index (χ0) is 89.2. The minimum Gasteiger partial charge on any atom is -0.506 e. The Kier molecular flexibility index (Phi) is 34.6. The highest BCUT2D eigenvalue weighted by atomic mass is 79.9. The number of nitrogens with one attached hydrogen (secondary N) is 14. The summed E-state index contributed by atoms with van der Waals surface area (Å²) in [6, 6.07) is 21.3. The Labute approximate surface area is 762 Å². The van der Waals surface area contributed by atoms with E-state index < -0.39 is 117 Å². The average Bonchev–Trinajstić information content (AvgIpc) is 0.612. The predicted molar refractivity (Wildman–Crippen MR) is 487 cm³/mol. The molecule has 0 saturated heterocycles. The van der Waals surface area contributed by atoms with Crippen LogP contribution in [0.15, 0.2) is 169 Å². The number of ether oxygens (including phenoxy) is 1. The Balaban J connectivity index is 0.798. The van der Waals surface area contributed by atoms with Crippen molar-refractivity contribution in [3.05, 3.63) is 193 Å². The van der Waals surface area contributed by atoms with Crippen molar-refractivity contribution in [3.63, 3.8) is 0 Å². The van der Waals surface area contributed by atoms with E-state index in [4.69, 9.17) is 100 Å². The van der Waals surface area contributed by atoms with E-state index in [0.717, 1.165) is 61.0 Å². The SMILES string of the molecule is O=C(N/N=C\c1cc(Br)c(O)c(Br)c1O)C(Nc1ccc(Cl)cc1Cl)C(=O)NNC(=S)Nc1ccc(/C=C/c2ccc(NC(=S)NCCOCCNC(=S)Nc3ccc(/C=C/c4ccc(NC(=S)NNC(=O)C(Nc5ccc(Cl)cc5Cl)C(=O)N/N=C\c5cc(Br)c(O)c(Br)c5O)cc4S(=O)(=O)O)c(S(=O)(=O)O)c3)cc2S(=O)(=O)O)c(S(=O)(=O)O)c1. The van der Waals surface area contributed by atoms with Gasteiger partial charge < -0.3 is 67.7 Å². The maximum absolute atomic E-state index is 13.6. The fourth-order valence-corrected chi connectivity index (χ4v) is 16.6. The first-order valence-corrected chi connectivity index (χ1v) is 45.0. The summed E-state index contributed by atoms with van der Waals surface area (Å²) in [6.07, 6.45) is 6.52. The zero-order valence-corrected chi connectivity index (χ0v) is 76.0. The number of hydrogen-bond acceptors (Lipinski definition) is 25. The van der Waals surface area contributed by atoms with Crippen molar-refractivity contribution in [2.45, 2.75) is 31.7 Å². The molecule has 0 heterocycles. The largest absolute Gasteiger partial charge is 0.506 e. The standard InChI is InChI=1S/C68H58Br4Cl4N16O21S8/c69-43-21-35(57(93)53(71)59(43)95)29-79-87-61(97)55(85-47-15-9-37(73)23-45(47)75)63(99)89-91-67(116)83-41-13-7-33(51(27-41)120(107,108)109)3-1-31-5-11-39(25-49(31)118(101,102)103)81-65(114)77-17-19-113-20-18-78-66(115)82-40-12-6-32(50(26-40)119(104,105)106)2-4-34-8-14-42(28-52(34)121(110,111)112)84-68(117)92-90-64(100)56(86-48-16-10-38(74)24-46(48)76)62(98)88-80-30-36-22-44(70)60(96)54(72)58(36)94/h1-16,21-30,55-56,85-86,93-96H,17-20H2,(H,87,97)(H,88,98)(H,89,99)(H,90,100)(H2,77,81,114)(H2,78,82,115)(H2,83,91,116)(H2,84,92,117)(H,101,102,103)(H,104,105,106)(H,107,108,109)(H,110,111,112)/b3-1+,4-2+,79-29-,80-30-. The molecule has 0 aliphatic carbocycles. The minimum absolute atomic E-state index is 0.00611. The predicted octanol–water partition coefficient (Wildman–Crippen LogP) is 10.7. The number of carbonyl (C=O) groups is 4. The van der Waals surface area contributed by atoms with Crippen LogP contribution in [-0.2, 0) is 64.4 Å². The van der Waals surface area contributed by atoms with Gasteiger partial charge in [-0.15, -0.1) is 0 Å². The fraction of sp³-hybridized carbons (Fsp3) is 0.0882. The van der Waals surface area contributed by atoms with Crippen LogP contribution in [0.5, 0.6) is 23.0 Å². The molecule has 4 amide bonds. The van der Waals surface area contributed by atoms with E-state index in [9.17, 15) is 91.5 Å². The first kappa shape index (κ1) is 97.2. The van der Waals surface area contributed by atoms with Crippen molar-refractivity contribution in [2.75, 3.05) is 58.2 Å². The summed E-state index contributed by atoms with van der Waals surface area (Å²) in [4.78, 5) is 51.2. The summed E-state index contributed by atoms with van der Waals surface area (Å²) in [7, 11) is -20.1. The number of halogens is 8. The summed E-state index contributed by atoms with van der Waals surface area (Å²) >= 11 is 58.3. The number of hydrazine groups is 2. The number of thiocarbonyl (C=S) groups is 4. The lowest BCUT2D eigenvalue weighted by atomic mass is 10.1. The topological polar surface area (TPSA) is 569 Å².